The van der Waals surface area contributed by atoms with Crippen molar-refractivity contribution in [3.8, 4) is 0 Å². The van der Waals surface area contributed by atoms with Crippen LogP contribution >= 0.6 is 7.14 Å². The molecule has 2 rings (SSSR count). The lowest BCUT2D eigenvalue weighted by Crippen LogP contribution is -1.96. The van der Waals surface area contributed by atoms with E-state index >= 15 is 0 Å². The van der Waals surface area contributed by atoms with Gasteiger partial charge >= 0.3 is 0 Å². The number of hydrogen-bond acceptors (Lipinski definition) is 1. The lowest BCUT2D eigenvalue weighted by atomic mass is 10.2. The lowest BCUT2D eigenvalue weighted by molar-refractivity contribution is 0.573. The third kappa shape index (κ3) is 3.21. The first kappa shape index (κ1) is 11.0. The van der Waals surface area contributed by atoms with Gasteiger partial charge in [-0.15, -0.1) is 0 Å². The molecule has 2 heteroatoms. The van der Waals surface area contributed by atoms with Crippen molar-refractivity contribution < 1.29 is 4.57 Å². The van der Waals surface area contributed by atoms with E-state index in [1.165, 1.54) is 31.2 Å². The summed E-state index contributed by atoms with van der Waals surface area (Å²) in [5, 5.41) is 0. The number of rotatable bonds is 2. The molecule has 0 aromatic heterocycles. The molecule has 0 unspecified atom stereocenters. The van der Waals surface area contributed by atoms with Crippen LogP contribution in [0.3, 0.4) is 0 Å². The fourth-order valence-electron chi connectivity index (χ4n) is 2.34. The monoisotopic (exact) mass is 222 g/mol. The van der Waals surface area contributed by atoms with Gasteiger partial charge in [-0.2, -0.15) is 0 Å². The van der Waals surface area contributed by atoms with Crippen LogP contribution in [0, 0.1) is 0 Å². The van der Waals surface area contributed by atoms with Crippen LogP contribution in [-0.4, -0.2) is 12.3 Å². The molecule has 0 aliphatic carbocycles. The van der Waals surface area contributed by atoms with Crippen LogP contribution in [-0.2, 0) is 10.7 Å². The van der Waals surface area contributed by atoms with Gasteiger partial charge in [-0.1, -0.05) is 43.2 Å². The van der Waals surface area contributed by atoms with Crippen molar-refractivity contribution in [1.82, 2.24) is 0 Å². The first-order valence-corrected chi connectivity index (χ1v) is 8.16. The molecule has 1 aliphatic heterocycles. The highest BCUT2D eigenvalue weighted by atomic mass is 31.2. The maximum atomic E-state index is 12.6. The summed E-state index contributed by atoms with van der Waals surface area (Å²) in [6.45, 7) is 0. The van der Waals surface area contributed by atoms with Crippen LogP contribution < -0.4 is 0 Å². The highest BCUT2D eigenvalue weighted by Crippen LogP contribution is 2.52. The van der Waals surface area contributed by atoms with Crippen molar-refractivity contribution in [2.45, 2.75) is 31.8 Å². The van der Waals surface area contributed by atoms with Crippen LogP contribution in [0.5, 0.6) is 0 Å². The molecule has 82 valence electrons. The van der Waals surface area contributed by atoms with E-state index in [1.807, 2.05) is 18.2 Å². The van der Waals surface area contributed by atoms with Crippen molar-refractivity contribution in [2.24, 2.45) is 0 Å². The molecular formula is C13H19OP. The fourth-order valence-corrected chi connectivity index (χ4v) is 5.36. The molecule has 1 nitrogen and oxygen atoms in total. The summed E-state index contributed by atoms with van der Waals surface area (Å²) >= 11 is 0. The quantitative estimate of drug-likeness (QED) is 0.688. The van der Waals surface area contributed by atoms with Gasteiger partial charge in [0.05, 0.1) is 7.14 Å². The van der Waals surface area contributed by atoms with Crippen LogP contribution in [0.15, 0.2) is 30.3 Å². The van der Waals surface area contributed by atoms with E-state index in [0.717, 1.165) is 18.5 Å². The number of benzene rings is 1. The fraction of sp³-hybridized carbons (Fsp3) is 0.538. The Balaban J connectivity index is 2.06. The van der Waals surface area contributed by atoms with Gasteiger partial charge in [0, 0.05) is 18.5 Å². The van der Waals surface area contributed by atoms with E-state index in [-0.39, 0.29) is 0 Å². The van der Waals surface area contributed by atoms with E-state index in [0.29, 0.717) is 0 Å². The highest BCUT2D eigenvalue weighted by Gasteiger charge is 2.23. The summed E-state index contributed by atoms with van der Waals surface area (Å²) < 4.78 is 12.6. The Kier molecular flexibility index (Phi) is 3.64. The zero-order valence-electron chi connectivity index (χ0n) is 9.19. The Hall–Kier alpha value is -0.550. The third-order valence-electron chi connectivity index (χ3n) is 3.19. The zero-order chi connectivity index (χ0) is 10.6. The summed E-state index contributed by atoms with van der Waals surface area (Å²) in [6, 6.07) is 10.3. The maximum absolute atomic E-state index is 12.6. The van der Waals surface area contributed by atoms with Gasteiger partial charge < -0.3 is 4.57 Å². The normalized spacial score (nSPS) is 20.8. The second-order valence-corrected chi connectivity index (χ2v) is 7.89. The van der Waals surface area contributed by atoms with Gasteiger partial charge in [0.25, 0.3) is 0 Å². The van der Waals surface area contributed by atoms with Gasteiger partial charge in [0.15, 0.2) is 0 Å². The molecule has 1 saturated heterocycles. The Morgan fingerprint density at radius 2 is 1.53 bits per heavy atom. The Labute approximate surface area is 92.3 Å². The topological polar surface area (TPSA) is 17.1 Å². The van der Waals surface area contributed by atoms with Crippen molar-refractivity contribution in [1.29, 1.82) is 0 Å². The van der Waals surface area contributed by atoms with Gasteiger partial charge in [-0.25, -0.2) is 0 Å². The Bertz CT molecular complexity index is 333. The minimum absolute atomic E-state index is 0.827. The SMILES string of the molecule is O=P1(Cc2ccccc2)CCCCCC1. The predicted octanol–water partition coefficient (Wildman–Crippen LogP) is 4.12. The van der Waals surface area contributed by atoms with Crippen molar-refractivity contribution >= 4 is 7.14 Å². The zero-order valence-corrected chi connectivity index (χ0v) is 10.1. The molecule has 15 heavy (non-hydrogen) atoms. The van der Waals surface area contributed by atoms with Gasteiger partial charge in [0.1, 0.15) is 0 Å². The van der Waals surface area contributed by atoms with Crippen molar-refractivity contribution in [3.63, 3.8) is 0 Å². The standard InChI is InChI=1S/C13H19OP/c14-15(10-6-1-2-7-11-15)12-13-8-4-3-5-9-13/h3-5,8-9H,1-2,6-7,10-12H2. The smallest absolute Gasteiger partial charge is 0.0919 e. The maximum Gasteiger partial charge on any atom is 0.0919 e. The second kappa shape index (κ2) is 4.99. The minimum Gasteiger partial charge on any atom is -0.323 e. The van der Waals surface area contributed by atoms with E-state index in [1.54, 1.807) is 0 Å². The molecule has 0 saturated carbocycles. The molecule has 1 heterocycles. The van der Waals surface area contributed by atoms with Gasteiger partial charge in [0.2, 0.25) is 0 Å². The molecular weight excluding hydrogens is 203 g/mol. The molecule has 0 bridgehead atoms. The average molecular weight is 222 g/mol. The Morgan fingerprint density at radius 1 is 0.933 bits per heavy atom. The molecule has 0 spiro atoms. The van der Waals surface area contributed by atoms with Gasteiger partial charge in [-0.3, -0.25) is 0 Å². The molecule has 1 aromatic rings. The van der Waals surface area contributed by atoms with E-state index in [9.17, 15) is 4.57 Å². The van der Waals surface area contributed by atoms with E-state index in [2.05, 4.69) is 12.1 Å². The number of hydrogen-bond donors (Lipinski definition) is 0. The summed E-state index contributed by atoms with van der Waals surface area (Å²) in [5.41, 5.74) is 1.25. The van der Waals surface area contributed by atoms with Crippen LogP contribution in [0.2, 0.25) is 0 Å². The van der Waals surface area contributed by atoms with Crippen LogP contribution in [0.1, 0.15) is 31.2 Å². The molecule has 0 N–H and O–H groups in total. The molecule has 1 aromatic carbocycles. The average Bonchev–Trinajstić information content (AvgIpc) is 2.45. The van der Waals surface area contributed by atoms with Crippen LogP contribution in [0.25, 0.3) is 0 Å². The third-order valence-corrected chi connectivity index (χ3v) is 6.40. The largest absolute Gasteiger partial charge is 0.323 e. The lowest BCUT2D eigenvalue weighted by Gasteiger charge is -2.15. The first-order chi connectivity index (χ1) is 7.29. The molecule has 1 aliphatic rings. The molecule has 0 atom stereocenters. The molecule has 1 fully saturated rings. The van der Waals surface area contributed by atoms with Crippen molar-refractivity contribution in [3.05, 3.63) is 35.9 Å². The predicted molar refractivity (Wildman–Crippen MR) is 66.0 cm³/mol. The van der Waals surface area contributed by atoms with Gasteiger partial charge in [-0.05, 0) is 18.4 Å². The molecule has 0 radical (unpaired) electrons. The Morgan fingerprint density at radius 3 is 2.13 bits per heavy atom. The summed E-state index contributed by atoms with van der Waals surface area (Å²) in [4.78, 5) is 0. The highest BCUT2D eigenvalue weighted by molar-refractivity contribution is 7.63. The second-order valence-electron chi connectivity index (χ2n) is 4.56. The summed E-state index contributed by atoms with van der Waals surface area (Å²) in [5.74, 6) is 0. The first-order valence-electron chi connectivity index (χ1n) is 5.90. The van der Waals surface area contributed by atoms with Crippen LogP contribution in [0.4, 0.5) is 0 Å². The minimum atomic E-state index is -1.88. The van der Waals surface area contributed by atoms with Crippen molar-refractivity contribution in [2.75, 3.05) is 12.3 Å². The van der Waals surface area contributed by atoms with E-state index < -0.39 is 7.14 Å². The van der Waals surface area contributed by atoms with E-state index in [4.69, 9.17) is 0 Å². The summed E-state index contributed by atoms with van der Waals surface area (Å²) in [7, 11) is -1.88. The summed E-state index contributed by atoms with van der Waals surface area (Å²) in [6.07, 6.45) is 7.67. The molecule has 0 amide bonds.